The van der Waals surface area contributed by atoms with E-state index in [4.69, 9.17) is 4.74 Å². The van der Waals surface area contributed by atoms with Crippen molar-refractivity contribution >= 4 is 11.9 Å². The molecule has 2 fully saturated rings. The first-order valence-corrected chi connectivity index (χ1v) is 13.5. The zero-order chi connectivity index (χ0) is 26.2. The van der Waals surface area contributed by atoms with E-state index < -0.39 is 0 Å². The molecule has 2 saturated heterocycles. The quantitative estimate of drug-likeness (QED) is 0.449. The van der Waals surface area contributed by atoms with Crippen molar-refractivity contribution in [1.82, 2.24) is 35.4 Å². The number of hydrogen-bond acceptors (Lipinski definition) is 6. The summed E-state index contributed by atoms with van der Waals surface area (Å²) in [6.45, 7) is 8.53. The van der Waals surface area contributed by atoms with Crippen LogP contribution < -0.4 is 10.6 Å². The highest BCUT2D eigenvalue weighted by atomic mass is 16.5. The number of amides is 3. The minimum Gasteiger partial charge on any atom is -0.385 e. The van der Waals surface area contributed by atoms with Gasteiger partial charge in [-0.05, 0) is 55.7 Å². The second-order valence-electron chi connectivity index (χ2n) is 10.5. The van der Waals surface area contributed by atoms with Gasteiger partial charge in [0.1, 0.15) is 0 Å². The van der Waals surface area contributed by atoms with Crippen LogP contribution in [0, 0.1) is 5.92 Å². The molecule has 2 aliphatic rings. The zero-order valence-corrected chi connectivity index (χ0v) is 22.4. The fraction of sp³-hybridized carbons (Fsp3) is 0.630. The van der Waals surface area contributed by atoms with Gasteiger partial charge in [-0.1, -0.05) is 31.2 Å². The fourth-order valence-corrected chi connectivity index (χ4v) is 5.22. The van der Waals surface area contributed by atoms with E-state index in [1.165, 1.54) is 5.56 Å². The molecule has 3 amide bonds. The van der Waals surface area contributed by atoms with Crippen molar-refractivity contribution in [3.8, 4) is 5.69 Å². The molecule has 10 nitrogen and oxygen atoms in total. The van der Waals surface area contributed by atoms with Crippen LogP contribution in [0.2, 0.25) is 0 Å². The fourth-order valence-electron chi connectivity index (χ4n) is 5.22. The lowest BCUT2D eigenvalue weighted by molar-refractivity contribution is 0.0543. The Morgan fingerprint density at radius 2 is 2.14 bits per heavy atom. The Labute approximate surface area is 219 Å². The van der Waals surface area contributed by atoms with E-state index in [1.54, 1.807) is 18.0 Å². The van der Waals surface area contributed by atoms with Crippen LogP contribution in [-0.2, 0) is 11.2 Å². The maximum absolute atomic E-state index is 13.7. The molecule has 1 aromatic carbocycles. The Morgan fingerprint density at radius 1 is 1.27 bits per heavy atom. The lowest BCUT2D eigenvalue weighted by Crippen LogP contribution is -2.61. The molecule has 202 valence electrons. The number of carbonyl (C=O) groups is 2. The molecule has 10 heteroatoms. The number of nitrogens with one attached hydrogen (secondary N) is 2. The second kappa shape index (κ2) is 13.0. The van der Waals surface area contributed by atoms with Gasteiger partial charge in [-0.2, -0.15) is 0 Å². The standard InChI is InChI=1S/C27H41N7O3/c1-20(2)18-33(24-15-23(16-28-17-24)32-12-7-11-29-27(32)36)26(35)25-19-34(31-30-25)22-10-6-9-21(14-22)8-4-5-13-37-3/h6,9-10,14,19-20,23-24,28H,4-5,7-8,11-13,15-18H2,1-3H3,(H,29,36)/t23-,24+/m1/s1. The summed E-state index contributed by atoms with van der Waals surface area (Å²) in [6, 6.07) is 8.23. The minimum absolute atomic E-state index is 0.00990. The number of methoxy groups -OCH3 is 1. The molecule has 2 N–H and O–H groups in total. The van der Waals surface area contributed by atoms with Crippen LogP contribution in [0.4, 0.5) is 4.79 Å². The largest absolute Gasteiger partial charge is 0.385 e. The zero-order valence-electron chi connectivity index (χ0n) is 22.4. The van der Waals surface area contributed by atoms with E-state index >= 15 is 0 Å². The first-order valence-electron chi connectivity index (χ1n) is 13.5. The molecule has 2 atom stereocenters. The van der Waals surface area contributed by atoms with Crippen LogP contribution in [0.5, 0.6) is 0 Å². The second-order valence-corrected chi connectivity index (χ2v) is 10.5. The number of aryl methyl sites for hydroxylation is 1. The smallest absolute Gasteiger partial charge is 0.317 e. The van der Waals surface area contributed by atoms with Crippen LogP contribution in [-0.4, -0.2) is 95.3 Å². The summed E-state index contributed by atoms with van der Waals surface area (Å²) in [7, 11) is 1.72. The van der Waals surface area contributed by atoms with Crippen molar-refractivity contribution in [2.45, 2.75) is 58.0 Å². The first-order chi connectivity index (χ1) is 18.0. The van der Waals surface area contributed by atoms with Crippen molar-refractivity contribution in [3.63, 3.8) is 0 Å². The molecule has 37 heavy (non-hydrogen) atoms. The monoisotopic (exact) mass is 511 g/mol. The molecule has 1 aromatic heterocycles. The summed E-state index contributed by atoms with van der Waals surface area (Å²) in [4.78, 5) is 30.0. The maximum Gasteiger partial charge on any atom is 0.317 e. The lowest BCUT2D eigenvalue weighted by Gasteiger charge is -2.43. The normalized spacial score (nSPS) is 20.2. The Bertz CT molecular complexity index is 1040. The number of hydrogen-bond donors (Lipinski definition) is 2. The molecule has 0 unspecified atom stereocenters. The van der Waals surface area contributed by atoms with Gasteiger partial charge >= 0.3 is 6.03 Å². The summed E-state index contributed by atoms with van der Waals surface area (Å²) in [5.41, 5.74) is 2.45. The third-order valence-electron chi connectivity index (χ3n) is 7.07. The molecule has 4 rings (SSSR count). The summed E-state index contributed by atoms with van der Waals surface area (Å²) in [5.74, 6) is 0.179. The van der Waals surface area contributed by atoms with Crippen molar-refractivity contribution in [2.75, 3.05) is 46.4 Å². The van der Waals surface area contributed by atoms with Crippen LogP contribution >= 0.6 is 0 Å². The van der Waals surface area contributed by atoms with Gasteiger partial charge in [-0.3, -0.25) is 4.79 Å². The molecular weight excluding hydrogens is 470 g/mol. The van der Waals surface area contributed by atoms with Crippen molar-refractivity contribution < 1.29 is 14.3 Å². The molecule has 0 aliphatic carbocycles. The summed E-state index contributed by atoms with van der Waals surface area (Å²) in [6.07, 6.45) is 6.46. The van der Waals surface area contributed by atoms with Gasteiger partial charge in [0.25, 0.3) is 5.91 Å². The van der Waals surface area contributed by atoms with Crippen LogP contribution in [0.3, 0.4) is 0 Å². The van der Waals surface area contributed by atoms with E-state index in [9.17, 15) is 9.59 Å². The predicted octanol–water partition coefficient (Wildman–Crippen LogP) is 2.48. The molecule has 3 heterocycles. The van der Waals surface area contributed by atoms with Crippen molar-refractivity contribution in [2.24, 2.45) is 5.92 Å². The van der Waals surface area contributed by atoms with Gasteiger partial charge in [0, 0.05) is 58.5 Å². The minimum atomic E-state index is -0.119. The number of aromatic nitrogens is 3. The number of rotatable bonds is 11. The first kappa shape index (κ1) is 27.1. The third-order valence-corrected chi connectivity index (χ3v) is 7.07. The molecule has 0 bridgehead atoms. The lowest BCUT2D eigenvalue weighted by atomic mass is 9.98. The van der Waals surface area contributed by atoms with Crippen LogP contribution in [0.15, 0.2) is 30.5 Å². The van der Waals surface area contributed by atoms with Crippen LogP contribution in [0.1, 0.15) is 55.6 Å². The summed E-state index contributed by atoms with van der Waals surface area (Å²) in [5, 5.41) is 15.0. The van der Waals surface area contributed by atoms with E-state index in [-0.39, 0.29) is 24.0 Å². The number of urea groups is 1. The Balaban J connectivity index is 1.47. The average Bonchev–Trinajstić information content (AvgIpc) is 3.40. The topological polar surface area (TPSA) is 105 Å². The number of carbonyl (C=O) groups excluding carboxylic acids is 2. The number of benzene rings is 1. The van der Waals surface area contributed by atoms with Gasteiger partial charge in [0.05, 0.1) is 11.9 Å². The highest BCUT2D eigenvalue weighted by Crippen LogP contribution is 2.21. The van der Waals surface area contributed by atoms with E-state index in [1.807, 2.05) is 21.9 Å². The SMILES string of the molecule is COCCCCc1cccc(-n2cc(C(=O)N(CC(C)C)[C@@H]3CNC[C@H](N4CCCNC4=O)C3)nn2)c1. The molecule has 2 aliphatic heterocycles. The summed E-state index contributed by atoms with van der Waals surface area (Å²) < 4.78 is 6.82. The molecule has 0 radical (unpaired) electrons. The van der Waals surface area contributed by atoms with E-state index in [0.29, 0.717) is 24.7 Å². The average molecular weight is 512 g/mol. The number of piperidine rings is 1. The predicted molar refractivity (Wildman–Crippen MR) is 142 cm³/mol. The van der Waals surface area contributed by atoms with Gasteiger partial charge in [-0.15, -0.1) is 5.10 Å². The molecular formula is C27H41N7O3. The van der Waals surface area contributed by atoms with E-state index in [2.05, 4.69) is 46.9 Å². The van der Waals surface area contributed by atoms with Gasteiger partial charge in [-0.25, -0.2) is 9.48 Å². The molecule has 0 spiro atoms. The van der Waals surface area contributed by atoms with E-state index in [0.717, 1.165) is 64.0 Å². The Morgan fingerprint density at radius 3 is 2.92 bits per heavy atom. The Hall–Kier alpha value is -2.98. The van der Waals surface area contributed by atoms with Gasteiger partial charge in [0.2, 0.25) is 0 Å². The molecule has 2 aromatic rings. The van der Waals surface area contributed by atoms with Crippen molar-refractivity contribution in [3.05, 3.63) is 41.7 Å². The summed E-state index contributed by atoms with van der Waals surface area (Å²) >= 11 is 0. The van der Waals surface area contributed by atoms with Gasteiger partial charge in [0.15, 0.2) is 5.69 Å². The number of nitrogens with zero attached hydrogens (tertiary/aromatic N) is 5. The number of unbranched alkanes of at least 4 members (excludes halogenated alkanes) is 1. The highest BCUT2D eigenvalue weighted by Gasteiger charge is 2.36. The molecule has 0 saturated carbocycles. The number of ether oxygens (including phenoxy) is 1. The van der Waals surface area contributed by atoms with Crippen molar-refractivity contribution in [1.29, 1.82) is 0 Å². The third kappa shape index (κ3) is 7.07. The van der Waals surface area contributed by atoms with Gasteiger partial charge < -0.3 is 25.2 Å². The Kier molecular flexibility index (Phi) is 9.51. The highest BCUT2D eigenvalue weighted by molar-refractivity contribution is 5.92. The van der Waals surface area contributed by atoms with Crippen LogP contribution in [0.25, 0.3) is 5.69 Å². The maximum atomic E-state index is 13.7.